The van der Waals surface area contributed by atoms with E-state index < -0.39 is 5.97 Å². The lowest BCUT2D eigenvalue weighted by Gasteiger charge is -2.22. The maximum Gasteiger partial charge on any atom is 0.306 e. The van der Waals surface area contributed by atoms with Gasteiger partial charge < -0.3 is 10.8 Å². The summed E-state index contributed by atoms with van der Waals surface area (Å²) in [5.74, 6) is -0.00199. The Balaban J connectivity index is 1.73. The van der Waals surface area contributed by atoms with E-state index in [4.69, 9.17) is 5.73 Å². The van der Waals surface area contributed by atoms with E-state index in [1.165, 1.54) is 11.9 Å². The summed E-state index contributed by atoms with van der Waals surface area (Å²) in [6.07, 6.45) is 7.30. The van der Waals surface area contributed by atoms with Crippen LogP contribution in [0.3, 0.4) is 0 Å². The lowest BCUT2D eigenvalue weighted by atomic mass is 9.83. The first-order valence-electron chi connectivity index (χ1n) is 8.52. The van der Waals surface area contributed by atoms with Gasteiger partial charge in [0, 0.05) is 21.0 Å². The molecule has 0 bridgehead atoms. The Hall–Kier alpha value is -2.56. The lowest BCUT2D eigenvalue weighted by molar-refractivity contribution is -0.142. The summed E-state index contributed by atoms with van der Waals surface area (Å²) in [4.78, 5) is 24.6. The molecule has 0 saturated carbocycles. The highest BCUT2D eigenvalue weighted by Gasteiger charge is 2.33. The average molecular weight is 476 g/mol. The highest BCUT2D eigenvalue weighted by atomic mass is 127. The number of aromatic nitrogens is 3. The molecule has 9 heteroatoms. The number of amidine groups is 1. The summed E-state index contributed by atoms with van der Waals surface area (Å²) in [6.45, 7) is 0. The minimum atomic E-state index is -0.725. The van der Waals surface area contributed by atoms with E-state index >= 15 is 0 Å². The molecule has 2 aliphatic carbocycles. The number of hydrogen-bond acceptors (Lipinski definition) is 4. The number of nitrogens with one attached hydrogen (secondary N) is 1. The summed E-state index contributed by atoms with van der Waals surface area (Å²) in [6, 6.07) is 1.84. The van der Waals surface area contributed by atoms with Crippen LogP contribution in [0.25, 0.3) is 10.9 Å². The number of fused-ring (bicyclic) bond motifs is 1. The van der Waals surface area contributed by atoms with E-state index in [9.17, 15) is 9.90 Å². The van der Waals surface area contributed by atoms with Crippen molar-refractivity contribution in [3.8, 4) is 0 Å². The molecule has 0 radical (unpaired) electrons. The van der Waals surface area contributed by atoms with Gasteiger partial charge in [0.1, 0.15) is 0 Å². The van der Waals surface area contributed by atoms with Gasteiger partial charge in [-0.2, -0.15) is 5.10 Å². The Labute approximate surface area is 168 Å². The molecule has 0 fully saturated rings. The van der Waals surface area contributed by atoms with Gasteiger partial charge in [-0.05, 0) is 53.5 Å². The van der Waals surface area contributed by atoms with E-state index in [2.05, 4.69) is 47.8 Å². The molecule has 138 valence electrons. The van der Waals surface area contributed by atoms with Gasteiger partial charge in [-0.3, -0.25) is 9.89 Å². The molecule has 0 unspecified atom stereocenters. The van der Waals surface area contributed by atoms with E-state index in [0.29, 0.717) is 30.9 Å². The number of hydrogen-bond donors (Lipinski definition) is 3. The third-order valence-electron chi connectivity index (χ3n) is 4.90. The molecule has 4 rings (SSSR count). The first kappa shape index (κ1) is 17.8. The van der Waals surface area contributed by atoms with Crippen LogP contribution in [-0.2, 0) is 4.79 Å². The maximum atomic E-state index is 11.4. The van der Waals surface area contributed by atoms with Gasteiger partial charge >= 0.3 is 5.97 Å². The molecule has 2 aromatic rings. The van der Waals surface area contributed by atoms with Crippen LogP contribution in [0, 0.1) is 5.92 Å². The van der Waals surface area contributed by atoms with E-state index in [1.54, 1.807) is 12.4 Å². The normalized spacial score (nSPS) is 20.8. The van der Waals surface area contributed by atoms with Gasteiger partial charge in [-0.1, -0.05) is 5.57 Å². The summed E-state index contributed by atoms with van der Waals surface area (Å²) in [7, 11) is 0. The third-order valence-corrected chi connectivity index (χ3v) is 5.83. The van der Waals surface area contributed by atoms with Crippen LogP contribution in [0.2, 0.25) is 0 Å². The second kappa shape index (κ2) is 7.22. The largest absolute Gasteiger partial charge is 0.481 e. The Bertz CT molecular complexity index is 1050. The molecule has 27 heavy (non-hydrogen) atoms. The fraction of sp³-hybridized carbons (Fsp3) is 0.278. The molecule has 4 N–H and O–H groups in total. The van der Waals surface area contributed by atoms with Gasteiger partial charge in [0.05, 0.1) is 30.2 Å². The Morgan fingerprint density at radius 3 is 3.07 bits per heavy atom. The minimum absolute atomic E-state index is 0.309. The number of aromatic amines is 1. The SMILES string of the molecule is NC=NC(=Nc1cc2cn[nH]c2cn1)C1=C(I)CC2=C1CC[C@H](C(=O)O)C2. The molecule has 2 aromatic heterocycles. The number of aliphatic imine (C=N–C) groups is 2. The monoisotopic (exact) mass is 476 g/mol. The zero-order valence-electron chi connectivity index (χ0n) is 14.3. The molecule has 0 spiro atoms. The summed E-state index contributed by atoms with van der Waals surface area (Å²) >= 11 is 2.29. The highest BCUT2D eigenvalue weighted by Crippen LogP contribution is 2.46. The van der Waals surface area contributed by atoms with Gasteiger partial charge in [0.2, 0.25) is 0 Å². The van der Waals surface area contributed by atoms with Crippen molar-refractivity contribution in [3.63, 3.8) is 0 Å². The number of halogens is 1. The first-order valence-corrected chi connectivity index (χ1v) is 9.60. The predicted molar refractivity (Wildman–Crippen MR) is 111 cm³/mol. The summed E-state index contributed by atoms with van der Waals surface area (Å²) in [5.41, 5.74) is 9.70. The van der Waals surface area contributed by atoms with Gasteiger partial charge in [0.15, 0.2) is 11.7 Å². The van der Waals surface area contributed by atoms with Crippen molar-refractivity contribution in [2.75, 3.05) is 0 Å². The average Bonchev–Trinajstić information content (AvgIpc) is 3.23. The maximum absolute atomic E-state index is 11.4. The van der Waals surface area contributed by atoms with E-state index in [1.807, 2.05) is 6.07 Å². The molecule has 8 nitrogen and oxygen atoms in total. The fourth-order valence-corrected chi connectivity index (χ4v) is 4.65. The van der Waals surface area contributed by atoms with Crippen molar-refractivity contribution < 1.29 is 9.90 Å². The van der Waals surface area contributed by atoms with E-state index in [0.717, 1.165) is 32.0 Å². The second-order valence-electron chi connectivity index (χ2n) is 6.53. The molecule has 2 heterocycles. The minimum Gasteiger partial charge on any atom is -0.481 e. The molecular weight excluding hydrogens is 459 g/mol. The standard InChI is InChI=1S/C18H17IN6O2/c19-13-4-10-3-9(18(26)27)1-2-12(10)16(13)17(22-8-20)24-15-5-11-6-23-25-14(11)7-21-15/h5-9H,1-4H2,(H,23,25)(H,26,27)(H2,20,21,22,24)/t9-/m0/s1. The van der Waals surface area contributed by atoms with Crippen LogP contribution in [0.5, 0.6) is 0 Å². The van der Waals surface area contributed by atoms with Crippen LogP contribution in [0.15, 0.2) is 48.7 Å². The van der Waals surface area contributed by atoms with Crippen LogP contribution in [0.1, 0.15) is 25.7 Å². The van der Waals surface area contributed by atoms with Crippen LogP contribution in [0.4, 0.5) is 5.82 Å². The zero-order chi connectivity index (χ0) is 19.0. The third kappa shape index (κ3) is 3.38. The van der Waals surface area contributed by atoms with Crippen LogP contribution in [-0.4, -0.2) is 38.4 Å². The van der Waals surface area contributed by atoms with Gasteiger partial charge in [0.25, 0.3) is 0 Å². The number of allylic oxidation sites excluding steroid dienone is 2. The second-order valence-corrected chi connectivity index (χ2v) is 7.83. The Morgan fingerprint density at radius 1 is 1.44 bits per heavy atom. The quantitative estimate of drug-likeness (QED) is 0.356. The van der Waals surface area contributed by atoms with Crippen molar-refractivity contribution in [1.29, 1.82) is 0 Å². The van der Waals surface area contributed by atoms with Crippen molar-refractivity contribution in [2.45, 2.75) is 25.7 Å². The Morgan fingerprint density at radius 2 is 2.30 bits per heavy atom. The number of nitrogens with zero attached hydrogens (tertiary/aromatic N) is 4. The molecular formula is C18H17IN6O2. The van der Waals surface area contributed by atoms with Crippen molar-refractivity contribution >= 4 is 57.5 Å². The number of pyridine rings is 1. The molecule has 0 aliphatic heterocycles. The number of carbonyl (C=O) groups is 1. The number of carboxylic acid groups (broad SMARTS) is 1. The van der Waals surface area contributed by atoms with Crippen molar-refractivity contribution in [1.82, 2.24) is 15.2 Å². The lowest BCUT2D eigenvalue weighted by Crippen LogP contribution is -2.19. The van der Waals surface area contributed by atoms with Crippen LogP contribution < -0.4 is 5.73 Å². The number of H-pyrrole nitrogens is 1. The van der Waals surface area contributed by atoms with Crippen molar-refractivity contribution in [3.05, 3.63) is 38.8 Å². The number of aliphatic carboxylic acids is 1. The zero-order valence-corrected chi connectivity index (χ0v) is 16.5. The molecule has 0 saturated heterocycles. The molecule has 1 atom stereocenters. The summed E-state index contributed by atoms with van der Waals surface area (Å²) < 4.78 is 1.11. The molecule has 0 aromatic carbocycles. The predicted octanol–water partition coefficient (Wildman–Crippen LogP) is 3.25. The molecule has 0 amide bonds. The summed E-state index contributed by atoms with van der Waals surface area (Å²) in [5, 5.41) is 17.1. The smallest absolute Gasteiger partial charge is 0.306 e. The Kier molecular flexibility index (Phi) is 4.77. The first-order chi connectivity index (χ1) is 13.1. The van der Waals surface area contributed by atoms with Crippen molar-refractivity contribution in [2.24, 2.45) is 21.6 Å². The number of carboxylic acids is 1. The topological polar surface area (TPSA) is 130 Å². The number of nitrogens with two attached hydrogens (primary N) is 1. The van der Waals surface area contributed by atoms with Gasteiger partial charge in [-0.25, -0.2) is 15.0 Å². The van der Waals surface area contributed by atoms with Gasteiger partial charge in [-0.15, -0.1) is 0 Å². The van der Waals surface area contributed by atoms with Crippen LogP contribution >= 0.6 is 22.6 Å². The fourth-order valence-electron chi connectivity index (χ4n) is 3.63. The van der Waals surface area contributed by atoms with E-state index in [-0.39, 0.29) is 5.92 Å². The number of rotatable bonds is 3. The molecule has 2 aliphatic rings. The highest BCUT2D eigenvalue weighted by molar-refractivity contribution is 14.1.